The van der Waals surface area contributed by atoms with Crippen LogP contribution in [0.15, 0.2) is 60.7 Å². The molecule has 0 aliphatic carbocycles. The third-order valence-electron chi connectivity index (χ3n) is 8.19. The van der Waals surface area contributed by atoms with Crippen LogP contribution in [-0.4, -0.2) is 72.9 Å². The number of benzene rings is 3. The lowest BCUT2D eigenvalue weighted by atomic mass is 9.78. The summed E-state index contributed by atoms with van der Waals surface area (Å²) >= 11 is 0. The lowest BCUT2D eigenvalue weighted by Crippen LogP contribution is -2.35. The fourth-order valence-corrected chi connectivity index (χ4v) is 5.66. The van der Waals surface area contributed by atoms with Crippen LogP contribution in [0, 0.1) is 10.8 Å². The minimum atomic E-state index is -1.84. The largest absolute Gasteiger partial charge is 0.496 e. The molecule has 0 saturated carbocycles. The van der Waals surface area contributed by atoms with Crippen LogP contribution in [0.3, 0.4) is 0 Å². The second-order valence-electron chi connectivity index (χ2n) is 13.6. The first-order valence-electron chi connectivity index (χ1n) is 15.9. The highest BCUT2D eigenvalue weighted by atomic mass is 16.7. The Bertz CT molecular complexity index is 1470. The molecule has 2 aliphatic rings. The molecule has 2 fully saturated rings. The lowest BCUT2D eigenvalue weighted by Gasteiger charge is -2.37. The normalized spacial score (nSPS) is 19.6. The van der Waals surface area contributed by atoms with Crippen LogP contribution in [0.5, 0.6) is 17.2 Å². The van der Waals surface area contributed by atoms with Crippen LogP contribution >= 0.6 is 0 Å². The third-order valence-corrected chi connectivity index (χ3v) is 8.19. The number of methoxy groups -OCH3 is 3. The molecule has 0 bridgehead atoms. The Balaban J connectivity index is 1.70. The maximum atomic E-state index is 13.4. The van der Waals surface area contributed by atoms with Gasteiger partial charge in [0.15, 0.2) is 19.4 Å². The maximum Gasteiger partial charge on any atom is 0.188 e. The quantitative estimate of drug-likeness (QED) is 0.132. The zero-order chi connectivity index (χ0) is 33.7. The average molecular weight is 653 g/mol. The Morgan fingerprint density at radius 1 is 0.681 bits per heavy atom. The number of hydrogen-bond donors (Lipinski definition) is 1. The molecule has 10 nitrogen and oxygen atoms in total. The number of rotatable bonds is 13. The van der Waals surface area contributed by atoms with E-state index in [0.29, 0.717) is 73.6 Å². The van der Waals surface area contributed by atoms with Gasteiger partial charge in [0.2, 0.25) is 0 Å². The highest BCUT2D eigenvalue weighted by Gasteiger charge is 2.42. The Labute approximate surface area is 277 Å². The van der Waals surface area contributed by atoms with Crippen LogP contribution in [0.1, 0.15) is 68.1 Å². The van der Waals surface area contributed by atoms with E-state index < -0.39 is 18.2 Å². The SMILES string of the molecule is COCCOc1cccc(C(O)(c2cc(C3OCC(C)(C)CO3)ccc2OC)c2cc(C3OCC(C)(C)CO3)ccc2OCOC)c1. The molecule has 47 heavy (non-hydrogen) atoms. The monoisotopic (exact) mass is 652 g/mol. The first kappa shape index (κ1) is 35.1. The predicted molar refractivity (Wildman–Crippen MR) is 175 cm³/mol. The highest BCUT2D eigenvalue weighted by Crippen LogP contribution is 2.48. The first-order chi connectivity index (χ1) is 22.5. The summed E-state index contributed by atoms with van der Waals surface area (Å²) in [4.78, 5) is 0. The van der Waals surface area contributed by atoms with Crippen molar-refractivity contribution in [3.8, 4) is 17.2 Å². The Hall–Kier alpha value is -3.22. The van der Waals surface area contributed by atoms with E-state index in [1.807, 2.05) is 48.5 Å². The molecule has 10 heteroatoms. The van der Waals surface area contributed by atoms with Crippen molar-refractivity contribution in [1.29, 1.82) is 0 Å². The van der Waals surface area contributed by atoms with Crippen molar-refractivity contribution in [2.75, 3.05) is 67.8 Å². The molecule has 256 valence electrons. The summed E-state index contributed by atoms with van der Waals surface area (Å²) < 4.78 is 53.1. The Morgan fingerprint density at radius 3 is 1.77 bits per heavy atom. The molecule has 2 saturated heterocycles. The second kappa shape index (κ2) is 14.9. The molecule has 0 aromatic heterocycles. The molecule has 0 radical (unpaired) electrons. The van der Waals surface area contributed by atoms with E-state index in [0.717, 1.165) is 11.1 Å². The average Bonchev–Trinajstić information content (AvgIpc) is 3.07. The zero-order valence-electron chi connectivity index (χ0n) is 28.5. The van der Waals surface area contributed by atoms with Crippen molar-refractivity contribution >= 4 is 0 Å². The molecule has 3 aromatic carbocycles. The van der Waals surface area contributed by atoms with Crippen molar-refractivity contribution in [2.24, 2.45) is 10.8 Å². The Kier molecular flexibility index (Phi) is 11.1. The summed E-state index contributed by atoms with van der Waals surface area (Å²) in [6.07, 6.45) is -1.25. The fourth-order valence-electron chi connectivity index (χ4n) is 5.66. The van der Waals surface area contributed by atoms with Crippen molar-refractivity contribution in [1.82, 2.24) is 0 Å². The van der Waals surface area contributed by atoms with Crippen LogP contribution in [0.25, 0.3) is 0 Å². The number of aliphatic hydroxyl groups is 1. The van der Waals surface area contributed by atoms with Gasteiger partial charge in [-0.05, 0) is 42.0 Å². The predicted octanol–water partition coefficient (Wildman–Crippen LogP) is 6.13. The molecule has 0 amide bonds. The van der Waals surface area contributed by atoms with Gasteiger partial charge in [-0.25, -0.2) is 0 Å². The molecule has 0 spiro atoms. The number of ether oxygens (including phenoxy) is 9. The van der Waals surface area contributed by atoms with E-state index in [9.17, 15) is 5.11 Å². The van der Waals surface area contributed by atoms with Gasteiger partial charge in [0.05, 0.1) is 40.1 Å². The molecular weight excluding hydrogens is 604 g/mol. The van der Waals surface area contributed by atoms with Gasteiger partial charge in [-0.15, -0.1) is 0 Å². The van der Waals surface area contributed by atoms with Crippen LogP contribution in [0.2, 0.25) is 0 Å². The van der Waals surface area contributed by atoms with E-state index in [1.165, 1.54) is 0 Å². The third kappa shape index (κ3) is 8.09. The summed E-state index contributed by atoms with van der Waals surface area (Å²) in [6, 6.07) is 18.4. The smallest absolute Gasteiger partial charge is 0.188 e. The molecule has 1 unspecified atom stereocenters. The second-order valence-corrected chi connectivity index (χ2v) is 13.6. The van der Waals surface area contributed by atoms with Crippen LogP contribution < -0.4 is 14.2 Å². The zero-order valence-corrected chi connectivity index (χ0v) is 28.5. The topological polar surface area (TPSA) is 103 Å². The van der Waals surface area contributed by atoms with Gasteiger partial charge in [0.25, 0.3) is 0 Å². The van der Waals surface area contributed by atoms with Crippen molar-refractivity contribution < 1.29 is 47.7 Å². The molecule has 1 atom stereocenters. The minimum Gasteiger partial charge on any atom is -0.496 e. The van der Waals surface area contributed by atoms with Crippen molar-refractivity contribution in [3.63, 3.8) is 0 Å². The summed E-state index contributed by atoms with van der Waals surface area (Å²) in [5.41, 5.74) is 0.791. The summed E-state index contributed by atoms with van der Waals surface area (Å²) in [7, 11) is 4.74. The molecular formula is C37H48O10. The van der Waals surface area contributed by atoms with Gasteiger partial charge in [-0.1, -0.05) is 52.0 Å². The van der Waals surface area contributed by atoms with E-state index in [4.69, 9.17) is 42.6 Å². The summed E-state index contributed by atoms with van der Waals surface area (Å²) in [5, 5.41) is 13.4. The van der Waals surface area contributed by atoms with E-state index >= 15 is 0 Å². The van der Waals surface area contributed by atoms with E-state index in [-0.39, 0.29) is 17.6 Å². The van der Waals surface area contributed by atoms with Gasteiger partial charge in [-0.3, -0.25) is 0 Å². The van der Waals surface area contributed by atoms with Crippen LogP contribution in [-0.2, 0) is 34.0 Å². The van der Waals surface area contributed by atoms with Gasteiger partial charge < -0.3 is 47.7 Å². The van der Waals surface area contributed by atoms with Gasteiger partial charge in [0, 0.05) is 47.3 Å². The van der Waals surface area contributed by atoms with Gasteiger partial charge >= 0.3 is 0 Å². The standard InChI is InChI=1S/C37H48O10/c1-35(2)20-43-33(44-21-35)25-11-13-31(41-7)29(17-25)37(38,27-9-8-10-28(19-27)42-16-15-39-5)30-18-26(12-14-32(30)47-24-40-6)34-45-22-36(3,4)23-46-34/h8-14,17-19,33-34,38H,15-16,20-24H2,1-7H3. The summed E-state index contributed by atoms with van der Waals surface area (Å²) in [6.45, 7) is 11.2. The molecule has 2 aliphatic heterocycles. The number of hydrogen-bond acceptors (Lipinski definition) is 10. The molecule has 5 rings (SSSR count). The highest BCUT2D eigenvalue weighted by molar-refractivity contribution is 5.59. The van der Waals surface area contributed by atoms with Crippen LogP contribution in [0.4, 0.5) is 0 Å². The van der Waals surface area contributed by atoms with Crippen molar-refractivity contribution in [3.05, 3.63) is 88.5 Å². The minimum absolute atomic E-state index is 0.0378. The maximum absolute atomic E-state index is 13.4. The van der Waals surface area contributed by atoms with Gasteiger partial charge in [-0.2, -0.15) is 0 Å². The molecule has 2 heterocycles. The van der Waals surface area contributed by atoms with E-state index in [2.05, 4.69) is 27.7 Å². The molecule has 1 N–H and O–H groups in total. The van der Waals surface area contributed by atoms with E-state index in [1.54, 1.807) is 33.5 Å². The van der Waals surface area contributed by atoms with Crippen molar-refractivity contribution in [2.45, 2.75) is 45.9 Å². The van der Waals surface area contributed by atoms with Gasteiger partial charge in [0.1, 0.15) is 29.5 Å². The summed E-state index contributed by atoms with van der Waals surface area (Å²) in [5.74, 6) is 1.42. The lowest BCUT2D eigenvalue weighted by molar-refractivity contribution is -0.226. The molecule has 3 aromatic rings. The fraction of sp³-hybridized carbons (Fsp3) is 0.514. The Morgan fingerprint density at radius 2 is 1.23 bits per heavy atom. The first-order valence-corrected chi connectivity index (χ1v) is 15.9.